The summed E-state index contributed by atoms with van der Waals surface area (Å²) in [5.74, 6) is 1.53. The van der Waals surface area contributed by atoms with Crippen LogP contribution in [0.1, 0.15) is 18.1 Å². The number of methoxy groups -OCH3 is 2. The fourth-order valence-corrected chi connectivity index (χ4v) is 3.59. The Morgan fingerprint density at radius 1 is 1.12 bits per heavy atom. The predicted octanol–water partition coefficient (Wildman–Crippen LogP) is 2.43. The van der Waals surface area contributed by atoms with Gasteiger partial charge >= 0.3 is 0 Å². The van der Waals surface area contributed by atoms with Crippen molar-refractivity contribution in [2.75, 3.05) is 26.1 Å². The molecule has 2 aromatic rings. The lowest BCUT2D eigenvalue weighted by Gasteiger charge is -2.30. The summed E-state index contributed by atoms with van der Waals surface area (Å²) in [5.41, 5.74) is 3.30. The zero-order chi connectivity index (χ0) is 18.7. The van der Waals surface area contributed by atoms with Crippen LogP contribution in [0, 0.1) is 0 Å². The first-order valence-electron chi connectivity index (χ1n) is 8.66. The normalized spacial score (nSPS) is 17.2. The Labute approximate surface area is 162 Å². The second kappa shape index (κ2) is 8.10. The van der Waals surface area contributed by atoms with E-state index in [9.17, 15) is 4.79 Å². The summed E-state index contributed by atoms with van der Waals surface area (Å²) in [5, 5.41) is 3.01. The number of fused-ring (bicyclic) bond motifs is 1. The number of carbonyl (C=O) groups excluding carboxylic acids is 1. The van der Waals surface area contributed by atoms with E-state index in [1.807, 2.05) is 37.3 Å². The predicted molar refractivity (Wildman–Crippen MR) is 105 cm³/mol. The van der Waals surface area contributed by atoms with Crippen LogP contribution >= 0.6 is 15.9 Å². The largest absolute Gasteiger partial charge is 0.493 e. The number of ether oxygens (including phenoxy) is 2. The van der Waals surface area contributed by atoms with Gasteiger partial charge in [0.05, 0.1) is 20.8 Å². The summed E-state index contributed by atoms with van der Waals surface area (Å²) >= 11 is 3.40. The van der Waals surface area contributed by atoms with Crippen LogP contribution in [0.5, 0.6) is 11.5 Å². The van der Waals surface area contributed by atoms with Crippen molar-refractivity contribution in [2.24, 2.45) is 0 Å². The van der Waals surface area contributed by atoms with Crippen LogP contribution in [-0.2, 0) is 17.8 Å². The lowest BCUT2D eigenvalue weighted by atomic mass is 9.97. The molecule has 0 fully saturated rings. The Morgan fingerprint density at radius 3 is 2.35 bits per heavy atom. The molecule has 1 aliphatic heterocycles. The van der Waals surface area contributed by atoms with Crippen LogP contribution in [0.4, 0.5) is 5.69 Å². The molecule has 2 N–H and O–H groups in total. The minimum atomic E-state index is -0.139. The summed E-state index contributed by atoms with van der Waals surface area (Å²) in [7, 11) is 3.30. The Balaban J connectivity index is 1.71. The first-order valence-corrected chi connectivity index (χ1v) is 9.46. The van der Waals surface area contributed by atoms with Gasteiger partial charge in [0.25, 0.3) is 5.91 Å². The maximum Gasteiger partial charge on any atom is 0.282 e. The molecule has 2 aromatic carbocycles. The van der Waals surface area contributed by atoms with Gasteiger partial charge in [0, 0.05) is 22.1 Å². The summed E-state index contributed by atoms with van der Waals surface area (Å²) in [4.78, 5) is 13.9. The number of benzene rings is 2. The second-order valence-electron chi connectivity index (χ2n) is 6.53. The highest BCUT2D eigenvalue weighted by atomic mass is 79.9. The fourth-order valence-electron chi connectivity index (χ4n) is 3.33. The zero-order valence-corrected chi connectivity index (χ0v) is 16.9. The van der Waals surface area contributed by atoms with Crippen molar-refractivity contribution in [3.05, 3.63) is 52.0 Å². The molecule has 138 valence electrons. The molecule has 1 aliphatic rings. The molecule has 6 heteroatoms. The summed E-state index contributed by atoms with van der Waals surface area (Å²) in [6.45, 7) is 3.69. The van der Waals surface area contributed by atoms with Crippen LogP contribution < -0.4 is 19.7 Å². The van der Waals surface area contributed by atoms with Crippen molar-refractivity contribution >= 4 is 27.5 Å². The molecule has 0 aromatic heterocycles. The molecular formula is C20H24BrN2O3+. The molecule has 5 nitrogen and oxygen atoms in total. The molecule has 26 heavy (non-hydrogen) atoms. The number of rotatable bonds is 5. The number of anilines is 1. The number of halogens is 1. The molecule has 1 amide bonds. The topological polar surface area (TPSA) is 52.0 Å². The van der Waals surface area contributed by atoms with Crippen molar-refractivity contribution < 1.29 is 19.2 Å². The molecule has 0 aliphatic carbocycles. The maximum absolute atomic E-state index is 12.6. The van der Waals surface area contributed by atoms with Crippen LogP contribution in [-0.4, -0.2) is 32.7 Å². The van der Waals surface area contributed by atoms with E-state index in [4.69, 9.17) is 9.47 Å². The molecule has 0 spiro atoms. The van der Waals surface area contributed by atoms with E-state index >= 15 is 0 Å². The number of hydrogen-bond donors (Lipinski definition) is 2. The third kappa shape index (κ3) is 4.02. The molecule has 0 saturated carbocycles. The van der Waals surface area contributed by atoms with Crippen molar-refractivity contribution in [3.8, 4) is 11.5 Å². The highest BCUT2D eigenvalue weighted by Gasteiger charge is 2.30. The number of quaternary nitrogens is 1. The van der Waals surface area contributed by atoms with Gasteiger partial charge in [-0.15, -0.1) is 0 Å². The van der Waals surface area contributed by atoms with E-state index < -0.39 is 0 Å². The summed E-state index contributed by atoms with van der Waals surface area (Å²) in [6.07, 6.45) is 0.918. The van der Waals surface area contributed by atoms with Crippen LogP contribution in [0.15, 0.2) is 40.9 Å². The van der Waals surface area contributed by atoms with E-state index in [2.05, 4.69) is 27.3 Å². The van der Waals surface area contributed by atoms with Crippen LogP contribution in [0.2, 0.25) is 0 Å². The van der Waals surface area contributed by atoms with E-state index in [1.54, 1.807) is 14.2 Å². The van der Waals surface area contributed by atoms with Gasteiger partial charge in [-0.1, -0.05) is 15.9 Å². The van der Waals surface area contributed by atoms with Crippen molar-refractivity contribution in [3.63, 3.8) is 0 Å². The average molecular weight is 420 g/mol. The average Bonchev–Trinajstić information content (AvgIpc) is 2.67. The fraction of sp³-hybridized carbons (Fsp3) is 0.350. The molecule has 2 atom stereocenters. The van der Waals surface area contributed by atoms with Gasteiger partial charge in [0.1, 0.15) is 6.54 Å². The second-order valence-corrected chi connectivity index (χ2v) is 7.44. The quantitative estimate of drug-likeness (QED) is 0.782. The van der Waals surface area contributed by atoms with Crippen molar-refractivity contribution in [1.82, 2.24) is 0 Å². The lowest BCUT2D eigenvalue weighted by molar-refractivity contribution is -0.929. The monoisotopic (exact) mass is 419 g/mol. The molecular weight excluding hydrogens is 396 g/mol. The molecule has 1 unspecified atom stereocenters. The number of nitrogens with one attached hydrogen (secondary N) is 2. The number of hydrogen-bond acceptors (Lipinski definition) is 3. The molecule has 0 bridgehead atoms. The molecule has 0 saturated heterocycles. The Morgan fingerprint density at radius 2 is 1.73 bits per heavy atom. The van der Waals surface area contributed by atoms with Gasteiger partial charge < -0.3 is 19.7 Å². The first kappa shape index (κ1) is 18.7. The van der Waals surface area contributed by atoms with Gasteiger partial charge in [0.15, 0.2) is 17.5 Å². The summed E-state index contributed by atoms with van der Waals surface area (Å²) in [6, 6.07) is 11.6. The minimum Gasteiger partial charge on any atom is -0.493 e. The van der Waals surface area contributed by atoms with Crippen molar-refractivity contribution in [1.29, 1.82) is 0 Å². The van der Waals surface area contributed by atoms with E-state index in [0.29, 0.717) is 0 Å². The van der Waals surface area contributed by atoms with Crippen LogP contribution in [0.3, 0.4) is 0 Å². The number of carbonyl (C=O) groups is 1. The highest BCUT2D eigenvalue weighted by molar-refractivity contribution is 9.10. The van der Waals surface area contributed by atoms with Gasteiger partial charge in [-0.25, -0.2) is 0 Å². The SMILES string of the molecule is COc1cc2c(cc1OC)C[NH+]([C@H](C)C(=O)Nc1ccc(Br)cc1)CC2. The van der Waals surface area contributed by atoms with E-state index in [-0.39, 0.29) is 11.9 Å². The van der Waals surface area contributed by atoms with Crippen LogP contribution in [0.25, 0.3) is 0 Å². The maximum atomic E-state index is 12.6. The third-order valence-electron chi connectivity index (χ3n) is 4.96. The summed E-state index contributed by atoms with van der Waals surface area (Å²) < 4.78 is 11.8. The first-order chi connectivity index (χ1) is 12.5. The minimum absolute atomic E-state index is 0.0336. The Hall–Kier alpha value is -2.05. The number of amides is 1. The van der Waals surface area contributed by atoms with E-state index in [0.717, 1.165) is 41.2 Å². The Kier molecular flexibility index (Phi) is 5.84. The molecule has 1 heterocycles. The molecule has 0 radical (unpaired) electrons. The van der Waals surface area contributed by atoms with Gasteiger partial charge in [-0.05, 0) is 48.9 Å². The zero-order valence-electron chi connectivity index (χ0n) is 15.3. The highest BCUT2D eigenvalue weighted by Crippen LogP contribution is 2.31. The third-order valence-corrected chi connectivity index (χ3v) is 5.48. The standard InChI is InChI=1S/C20H23BrN2O3/c1-13(20(24)22-17-6-4-16(21)5-7-17)23-9-8-14-10-18(25-2)19(26-3)11-15(14)12-23/h4-7,10-11,13H,8-9,12H2,1-3H3,(H,22,24)/p+1/t13-/m1/s1. The van der Waals surface area contributed by atoms with Crippen molar-refractivity contribution in [2.45, 2.75) is 25.9 Å². The van der Waals surface area contributed by atoms with Gasteiger partial charge in [-0.3, -0.25) is 4.79 Å². The smallest absolute Gasteiger partial charge is 0.282 e. The lowest BCUT2D eigenvalue weighted by Crippen LogP contribution is -3.16. The molecule has 3 rings (SSSR count). The van der Waals surface area contributed by atoms with Gasteiger partial charge in [0.2, 0.25) is 0 Å². The Bertz CT molecular complexity index is 792. The van der Waals surface area contributed by atoms with E-state index in [1.165, 1.54) is 16.0 Å². The van der Waals surface area contributed by atoms with Gasteiger partial charge in [-0.2, -0.15) is 0 Å².